The van der Waals surface area contributed by atoms with Crippen molar-refractivity contribution in [3.8, 4) is 12.3 Å². The third-order valence-electron chi connectivity index (χ3n) is 2.30. The van der Waals surface area contributed by atoms with Crippen LogP contribution in [-0.2, 0) is 4.74 Å². The first-order valence-electron chi connectivity index (χ1n) is 4.98. The SMILES string of the molecule is C#C[C@@H]1C[C@@H](OC(=O)NCC)CN1C(=O)O. The highest BCUT2D eigenvalue weighted by molar-refractivity contribution is 5.68. The molecule has 0 aromatic rings. The van der Waals surface area contributed by atoms with Crippen molar-refractivity contribution in [1.82, 2.24) is 10.2 Å². The quantitative estimate of drug-likeness (QED) is 0.671. The Balaban J connectivity index is 2.52. The molecular weight excluding hydrogens is 212 g/mol. The molecular formula is C10H14N2O4. The van der Waals surface area contributed by atoms with E-state index in [1.807, 2.05) is 0 Å². The number of likely N-dealkylation sites (tertiary alicyclic amines) is 1. The molecule has 16 heavy (non-hydrogen) atoms. The Bertz CT molecular complexity index is 323. The van der Waals surface area contributed by atoms with Crippen molar-refractivity contribution in [2.24, 2.45) is 0 Å². The van der Waals surface area contributed by atoms with Crippen molar-refractivity contribution in [3.05, 3.63) is 0 Å². The van der Waals surface area contributed by atoms with Crippen molar-refractivity contribution in [2.45, 2.75) is 25.5 Å². The molecule has 1 aliphatic rings. The number of terminal acetylenes is 1. The minimum absolute atomic E-state index is 0.126. The van der Waals surface area contributed by atoms with E-state index in [1.165, 1.54) is 0 Å². The summed E-state index contributed by atoms with van der Waals surface area (Å²) in [4.78, 5) is 23.0. The monoisotopic (exact) mass is 226 g/mol. The number of carbonyl (C=O) groups excluding carboxylic acids is 1. The van der Waals surface area contributed by atoms with Crippen LogP contribution in [0, 0.1) is 12.3 Å². The number of hydrogen-bond donors (Lipinski definition) is 2. The summed E-state index contributed by atoms with van der Waals surface area (Å²) in [6.45, 7) is 2.36. The van der Waals surface area contributed by atoms with Crippen LogP contribution < -0.4 is 5.32 Å². The van der Waals surface area contributed by atoms with Crippen LogP contribution in [0.15, 0.2) is 0 Å². The van der Waals surface area contributed by atoms with Gasteiger partial charge in [0.2, 0.25) is 0 Å². The van der Waals surface area contributed by atoms with E-state index in [0.717, 1.165) is 4.90 Å². The van der Waals surface area contributed by atoms with Crippen LogP contribution in [0.1, 0.15) is 13.3 Å². The summed E-state index contributed by atoms with van der Waals surface area (Å²) < 4.78 is 5.01. The van der Waals surface area contributed by atoms with Crippen molar-refractivity contribution in [3.63, 3.8) is 0 Å². The van der Waals surface area contributed by atoms with Crippen molar-refractivity contribution >= 4 is 12.2 Å². The van der Waals surface area contributed by atoms with Crippen LogP contribution in [0.25, 0.3) is 0 Å². The molecule has 1 aliphatic heterocycles. The molecule has 0 spiro atoms. The standard InChI is InChI=1S/C10H14N2O4/c1-3-7-5-8(6-12(7)10(14)15)16-9(13)11-4-2/h1,7-8H,4-6H2,2H3,(H,11,13)(H,14,15)/t7-,8-/m1/s1. The summed E-state index contributed by atoms with van der Waals surface area (Å²) in [6.07, 6.45) is 3.44. The molecule has 0 radical (unpaired) electrons. The van der Waals surface area contributed by atoms with Gasteiger partial charge < -0.3 is 15.2 Å². The topological polar surface area (TPSA) is 78.9 Å². The van der Waals surface area contributed by atoms with Gasteiger partial charge in [0.15, 0.2) is 0 Å². The average molecular weight is 226 g/mol. The predicted molar refractivity (Wildman–Crippen MR) is 55.9 cm³/mol. The summed E-state index contributed by atoms with van der Waals surface area (Å²) in [6, 6.07) is -0.517. The lowest BCUT2D eigenvalue weighted by atomic mass is 10.2. The second-order valence-electron chi connectivity index (χ2n) is 3.41. The zero-order chi connectivity index (χ0) is 12.1. The van der Waals surface area contributed by atoms with Crippen LogP contribution in [0.4, 0.5) is 9.59 Å². The summed E-state index contributed by atoms with van der Waals surface area (Å²) in [5.74, 6) is 2.36. The Kier molecular flexibility index (Phi) is 4.00. The molecule has 0 aromatic carbocycles. The first kappa shape index (κ1) is 12.2. The fourth-order valence-electron chi connectivity index (χ4n) is 1.59. The maximum Gasteiger partial charge on any atom is 0.408 e. The van der Waals surface area contributed by atoms with Gasteiger partial charge in [-0.1, -0.05) is 5.92 Å². The van der Waals surface area contributed by atoms with Crippen molar-refractivity contribution < 1.29 is 19.4 Å². The molecule has 0 aliphatic carbocycles. The molecule has 6 nitrogen and oxygen atoms in total. The lowest BCUT2D eigenvalue weighted by Gasteiger charge is -2.15. The third-order valence-corrected chi connectivity index (χ3v) is 2.30. The summed E-state index contributed by atoms with van der Waals surface area (Å²) in [7, 11) is 0. The van der Waals surface area contributed by atoms with Gasteiger partial charge in [-0.25, -0.2) is 9.59 Å². The highest BCUT2D eigenvalue weighted by Gasteiger charge is 2.36. The average Bonchev–Trinajstić information content (AvgIpc) is 2.61. The molecule has 0 unspecified atom stereocenters. The Hall–Kier alpha value is -1.90. The highest BCUT2D eigenvalue weighted by atomic mass is 16.6. The molecule has 6 heteroatoms. The second kappa shape index (κ2) is 5.26. The number of carbonyl (C=O) groups is 2. The van der Waals surface area contributed by atoms with Gasteiger partial charge in [0.1, 0.15) is 6.10 Å². The highest BCUT2D eigenvalue weighted by Crippen LogP contribution is 2.19. The molecule has 1 saturated heterocycles. The fourth-order valence-corrected chi connectivity index (χ4v) is 1.59. The number of alkyl carbamates (subject to hydrolysis) is 1. The maximum absolute atomic E-state index is 11.1. The number of nitrogens with one attached hydrogen (secondary N) is 1. The van der Waals surface area contributed by atoms with Gasteiger partial charge in [0.25, 0.3) is 0 Å². The number of amides is 2. The molecule has 0 aromatic heterocycles. The van der Waals surface area contributed by atoms with Crippen LogP contribution in [0.3, 0.4) is 0 Å². The number of carboxylic acid groups (broad SMARTS) is 1. The minimum Gasteiger partial charge on any atom is -0.465 e. The van der Waals surface area contributed by atoms with Gasteiger partial charge in [-0.05, 0) is 6.92 Å². The van der Waals surface area contributed by atoms with Gasteiger partial charge in [0.05, 0.1) is 12.6 Å². The number of ether oxygens (including phenoxy) is 1. The first-order chi connectivity index (χ1) is 7.58. The molecule has 1 rings (SSSR count). The van der Waals surface area contributed by atoms with E-state index in [-0.39, 0.29) is 6.54 Å². The van der Waals surface area contributed by atoms with Crippen LogP contribution >= 0.6 is 0 Å². The van der Waals surface area contributed by atoms with E-state index >= 15 is 0 Å². The zero-order valence-corrected chi connectivity index (χ0v) is 8.97. The first-order valence-corrected chi connectivity index (χ1v) is 4.98. The molecule has 0 saturated carbocycles. The van der Waals surface area contributed by atoms with E-state index < -0.39 is 24.3 Å². The molecule has 88 valence electrons. The van der Waals surface area contributed by atoms with E-state index in [4.69, 9.17) is 16.3 Å². The van der Waals surface area contributed by atoms with E-state index in [2.05, 4.69) is 11.2 Å². The predicted octanol–water partition coefficient (Wildman–Crippen LogP) is 0.487. The van der Waals surface area contributed by atoms with Crippen molar-refractivity contribution in [2.75, 3.05) is 13.1 Å². The van der Waals surface area contributed by atoms with Crippen molar-refractivity contribution in [1.29, 1.82) is 0 Å². The smallest absolute Gasteiger partial charge is 0.408 e. The fraction of sp³-hybridized carbons (Fsp3) is 0.600. The summed E-state index contributed by atoms with van der Waals surface area (Å²) >= 11 is 0. The Labute approximate surface area is 93.6 Å². The molecule has 2 atom stereocenters. The van der Waals surface area contributed by atoms with Gasteiger partial charge >= 0.3 is 12.2 Å². The Morgan fingerprint density at radius 2 is 2.38 bits per heavy atom. The molecule has 2 amide bonds. The van der Waals surface area contributed by atoms with E-state index in [0.29, 0.717) is 13.0 Å². The van der Waals surface area contributed by atoms with Gasteiger partial charge in [-0.3, -0.25) is 4.90 Å². The summed E-state index contributed by atoms with van der Waals surface area (Å²) in [5, 5.41) is 11.3. The molecule has 0 bridgehead atoms. The lowest BCUT2D eigenvalue weighted by Crippen LogP contribution is -2.35. The van der Waals surface area contributed by atoms with Gasteiger partial charge in [0, 0.05) is 13.0 Å². The third kappa shape index (κ3) is 2.79. The van der Waals surface area contributed by atoms with Gasteiger partial charge in [-0.15, -0.1) is 6.42 Å². The summed E-state index contributed by atoms with van der Waals surface area (Å²) in [5.41, 5.74) is 0. The largest absolute Gasteiger partial charge is 0.465 e. The molecule has 1 heterocycles. The van der Waals surface area contributed by atoms with Gasteiger partial charge in [-0.2, -0.15) is 0 Å². The number of hydrogen-bond acceptors (Lipinski definition) is 3. The number of nitrogens with zero attached hydrogens (tertiary/aromatic N) is 1. The van der Waals surface area contributed by atoms with Crippen LogP contribution in [0.5, 0.6) is 0 Å². The Morgan fingerprint density at radius 1 is 1.69 bits per heavy atom. The molecule has 2 N–H and O–H groups in total. The van der Waals surface area contributed by atoms with E-state index in [9.17, 15) is 9.59 Å². The van der Waals surface area contributed by atoms with Crippen LogP contribution in [-0.4, -0.2) is 47.4 Å². The second-order valence-corrected chi connectivity index (χ2v) is 3.41. The zero-order valence-electron chi connectivity index (χ0n) is 8.97. The lowest BCUT2D eigenvalue weighted by molar-refractivity contribution is 0.0979. The normalized spacial score (nSPS) is 23.6. The van der Waals surface area contributed by atoms with E-state index in [1.54, 1.807) is 6.92 Å². The number of rotatable bonds is 2. The van der Waals surface area contributed by atoms with Crippen LogP contribution in [0.2, 0.25) is 0 Å². The Morgan fingerprint density at radius 3 is 2.81 bits per heavy atom. The minimum atomic E-state index is -1.09. The maximum atomic E-state index is 11.1. The molecule has 1 fully saturated rings.